The average molecular weight is 315 g/mol. The minimum absolute atomic E-state index is 0.172. The van der Waals surface area contributed by atoms with Crippen molar-refractivity contribution in [3.8, 4) is 17.5 Å². The summed E-state index contributed by atoms with van der Waals surface area (Å²) in [5, 5.41) is 2.84. The highest BCUT2D eigenvalue weighted by molar-refractivity contribution is 6.05. The predicted octanol–water partition coefficient (Wildman–Crippen LogP) is 2.47. The summed E-state index contributed by atoms with van der Waals surface area (Å²) in [6.07, 6.45) is 0. The van der Waals surface area contributed by atoms with Crippen LogP contribution >= 0.6 is 0 Å². The second kappa shape index (κ2) is 6.12. The number of aromatic nitrogens is 2. The van der Waals surface area contributed by atoms with Crippen molar-refractivity contribution in [1.29, 1.82) is 0 Å². The van der Waals surface area contributed by atoms with Crippen LogP contribution in [0.15, 0.2) is 18.2 Å². The van der Waals surface area contributed by atoms with E-state index < -0.39 is 0 Å². The van der Waals surface area contributed by atoms with Gasteiger partial charge in [0.2, 0.25) is 6.79 Å². The van der Waals surface area contributed by atoms with Crippen molar-refractivity contribution in [1.82, 2.24) is 9.97 Å². The molecule has 0 unspecified atom stereocenters. The monoisotopic (exact) mass is 315 g/mol. The van der Waals surface area contributed by atoms with E-state index in [0.717, 1.165) is 0 Å². The summed E-state index contributed by atoms with van der Waals surface area (Å²) in [6.45, 7) is 6.12. The van der Waals surface area contributed by atoms with Crippen LogP contribution in [-0.4, -0.2) is 29.3 Å². The van der Waals surface area contributed by atoms with Crippen LogP contribution in [-0.2, 0) is 0 Å². The number of carbonyl (C=O) groups excluding carboxylic acids is 1. The zero-order valence-corrected chi connectivity index (χ0v) is 13.2. The Morgan fingerprint density at radius 1 is 1.22 bits per heavy atom. The van der Waals surface area contributed by atoms with E-state index in [2.05, 4.69) is 15.3 Å². The summed E-state index contributed by atoms with van der Waals surface area (Å²) in [5.41, 5.74) is 2.35. The van der Waals surface area contributed by atoms with Crippen LogP contribution in [0.3, 0.4) is 0 Å². The third kappa shape index (κ3) is 3.03. The van der Waals surface area contributed by atoms with Gasteiger partial charge in [0.1, 0.15) is 0 Å². The third-order valence-corrected chi connectivity index (χ3v) is 3.40. The molecule has 120 valence electrons. The molecule has 0 radical (unpaired) electrons. The molecule has 0 atom stereocenters. The molecule has 0 spiro atoms. The molecule has 7 nitrogen and oxygen atoms in total. The van der Waals surface area contributed by atoms with Gasteiger partial charge in [0.25, 0.3) is 5.91 Å². The topological polar surface area (TPSA) is 82.6 Å². The lowest BCUT2D eigenvalue weighted by molar-refractivity contribution is 0.102. The first-order valence-corrected chi connectivity index (χ1v) is 7.27. The number of nitrogens with zero attached hydrogens (tertiary/aromatic N) is 2. The van der Waals surface area contributed by atoms with Crippen molar-refractivity contribution in [2.24, 2.45) is 0 Å². The van der Waals surface area contributed by atoms with Gasteiger partial charge in [-0.3, -0.25) is 4.79 Å². The van der Waals surface area contributed by atoms with Crippen molar-refractivity contribution in [3.05, 3.63) is 35.2 Å². The van der Waals surface area contributed by atoms with Crippen molar-refractivity contribution < 1.29 is 19.0 Å². The fourth-order valence-corrected chi connectivity index (χ4v) is 2.28. The number of amides is 1. The lowest BCUT2D eigenvalue weighted by Gasteiger charge is -2.12. The minimum atomic E-state index is -0.262. The van der Waals surface area contributed by atoms with Crippen LogP contribution in [0.25, 0.3) is 0 Å². The van der Waals surface area contributed by atoms with E-state index in [1.54, 1.807) is 32.0 Å². The zero-order valence-electron chi connectivity index (χ0n) is 13.2. The van der Waals surface area contributed by atoms with Gasteiger partial charge < -0.3 is 19.5 Å². The second-order valence-corrected chi connectivity index (χ2v) is 5.01. The van der Waals surface area contributed by atoms with Crippen LogP contribution in [0, 0.1) is 13.8 Å². The second-order valence-electron chi connectivity index (χ2n) is 5.01. The van der Waals surface area contributed by atoms with Crippen molar-refractivity contribution in [3.63, 3.8) is 0 Å². The molecule has 0 aliphatic carbocycles. The van der Waals surface area contributed by atoms with Crippen LogP contribution in [0.2, 0.25) is 0 Å². The van der Waals surface area contributed by atoms with E-state index in [0.29, 0.717) is 46.8 Å². The van der Waals surface area contributed by atoms with Gasteiger partial charge in [-0.2, -0.15) is 9.97 Å². The summed E-state index contributed by atoms with van der Waals surface area (Å²) < 4.78 is 15.8. The molecule has 0 saturated heterocycles. The molecule has 1 amide bonds. The maximum atomic E-state index is 12.4. The highest BCUT2D eigenvalue weighted by atomic mass is 16.7. The number of nitrogens with one attached hydrogen (secondary N) is 1. The fraction of sp³-hybridized carbons (Fsp3) is 0.312. The quantitative estimate of drug-likeness (QED) is 0.933. The highest BCUT2D eigenvalue weighted by Crippen LogP contribution is 2.32. The van der Waals surface area contributed by atoms with E-state index in [-0.39, 0.29) is 12.7 Å². The number of rotatable bonds is 4. The molecule has 1 aromatic heterocycles. The molecule has 2 heterocycles. The largest absolute Gasteiger partial charge is 0.464 e. The Labute approximate surface area is 133 Å². The lowest BCUT2D eigenvalue weighted by atomic mass is 10.1. The van der Waals surface area contributed by atoms with Crippen molar-refractivity contribution in [2.45, 2.75) is 20.8 Å². The molecule has 1 aliphatic rings. The zero-order chi connectivity index (χ0) is 16.4. The molecule has 23 heavy (non-hydrogen) atoms. The summed E-state index contributed by atoms with van der Waals surface area (Å²) in [5.74, 6) is 0.939. The summed E-state index contributed by atoms with van der Waals surface area (Å²) >= 11 is 0. The standard InChI is InChI=1S/C16H17N3O4/c1-4-21-16-17-9(2)14(10(3)18-16)19-15(20)11-5-6-12-13(7-11)23-8-22-12/h5-7H,4,8H2,1-3H3,(H,19,20). The molecule has 1 aromatic carbocycles. The van der Waals surface area contributed by atoms with Gasteiger partial charge in [0.15, 0.2) is 11.5 Å². The summed E-state index contributed by atoms with van der Waals surface area (Å²) in [7, 11) is 0. The van der Waals surface area contributed by atoms with Gasteiger partial charge in [0, 0.05) is 5.56 Å². The molecule has 1 N–H and O–H groups in total. The Balaban J connectivity index is 1.83. The number of hydrogen-bond donors (Lipinski definition) is 1. The first-order chi connectivity index (χ1) is 11.1. The molecular formula is C16H17N3O4. The number of aryl methyl sites for hydroxylation is 2. The van der Waals surface area contributed by atoms with Gasteiger partial charge in [0.05, 0.1) is 23.7 Å². The molecule has 2 aromatic rings. The van der Waals surface area contributed by atoms with Crippen LogP contribution < -0.4 is 19.5 Å². The van der Waals surface area contributed by atoms with Gasteiger partial charge in [-0.05, 0) is 39.0 Å². The fourth-order valence-electron chi connectivity index (χ4n) is 2.28. The predicted molar refractivity (Wildman–Crippen MR) is 83.2 cm³/mol. The first kappa shape index (κ1) is 15.1. The molecule has 0 saturated carbocycles. The van der Waals surface area contributed by atoms with E-state index in [1.165, 1.54) is 0 Å². The maximum Gasteiger partial charge on any atom is 0.316 e. The molecule has 3 rings (SSSR count). The Morgan fingerprint density at radius 3 is 2.61 bits per heavy atom. The van der Waals surface area contributed by atoms with Gasteiger partial charge in [-0.1, -0.05) is 0 Å². The van der Waals surface area contributed by atoms with Crippen LogP contribution in [0.4, 0.5) is 5.69 Å². The normalized spacial score (nSPS) is 12.1. The van der Waals surface area contributed by atoms with Gasteiger partial charge in [-0.15, -0.1) is 0 Å². The van der Waals surface area contributed by atoms with E-state index >= 15 is 0 Å². The van der Waals surface area contributed by atoms with E-state index in [9.17, 15) is 4.79 Å². The Morgan fingerprint density at radius 2 is 1.91 bits per heavy atom. The first-order valence-electron chi connectivity index (χ1n) is 7.27. The number of benzene rings is 1. The molecule has 0 bridgehead atoms. The van der Waals surface area contributed by atoms with Crippen molar-refractivity contribution >= 4 is 11.6 Å². The smallest absolute Gasteiger partial charge is 0.316 e. The van der Waals surface area contributed by atoms with Gasteiger partial charge >= 0.3 is 6.01 Å². The highest BCUT2D eigenvalue weighted by Gasteiger charge is 2.18. The average Bonchev–Trinajstić information content (AvgIpc) is 2.98. The number of fused-ring (bicyclic) bond motifs is 1. The Kier molecular flexibility index (Phi) is 4.01. The van der Waals surface area contributed by atoms with E-state index in [1.807, 2.05) is 6.92 Å². The van der Waals surface area contributed by atoms with Crippen molar-refractivity contribution in [2.75, 3.05) is 18.7 Å². The Bertz CT molecular complexity index is 738. The lowest BCUT2D eigenvalue weighted by Crippen LogP contribution is -2.15. The van der Waals surface area contributed by atoms with Gasteiger partial charge in [-0.25, -0.2) is 0 Å². The number of carbonyl (C=O) groups is 1. The van der Waals surface area contributed by atoms with Crippen LogP contribution in [0.5, 0.6) is 17.5 Å². The Hall–Kier alpha value is -2.83. The molecule has 1 aliphatic heterocycles. The number of ether oxygens (including phenoxy) is 3. The number of anilines is 1. The SMILES string of the molecule is CCOc1nc(C)c(NC(=O)c2ccc3c(c2)OCO3)c(C)n1. The van der Waals surface area contributed by atoms with Crippen LogP contribution in [0.1, 0.15) is 28.7 Å². The third-order valence-electron chi connectivity index (χ3n) is 3.40. The molecular weight excluding hydrogens is 298 g/mol. The minimum Gasteiger partial charge on any atom is -0.464 e. The molecule has 0 fully saturated rings. The molecule has 7 heteroatoms. The maximum absolute atomic E-state index is 12.4. The number of hydrogen-bond acceptors (Lipinski definition) is 6. The van der Waals surface area contributed by atoms with E-state index in [4.69, 9.17) is 14.2 Å². The summed E-state index contributed by atoms with van der Waals surface area (Å²) in [4.78, 5) is 20.9. The summed E-state index contributed by atoms with van der Waals surface area (Å²) in [6, 6.07) is 5.36.